The second-order valence-electron chi connectivity index (χ2n) is 6.22. The summed E-state index contributed by atoms with van der Waals surface area (Å²) in [4.78, 5) is 20.3. The Morgan fingerprint density at radius 3 is 2.42 bits per heavy atom. The zero-order valence-electron chi connectivity index (χ0n) is 14.9. The molecule has 4 nitrogen and oxygen atoms in total. The van der Waals surface area contributed by atoms with Crippen LogP contribution in [0.3, 0.4) is 0 Å². The third-order valence-corrected chi connectivity index (χ3v) is 4.28. The molecular weight excluding hydrogens is 324 g/mol. The zero-order valence-corrected chi connectivity index (χ0v) is 14.9. The molecule has 2 aromatic heterocycles. The van der Waals surface area contributed by atoms with Gasteiger partial charge in [0.1, 0.15) is 5.78 Å². The first-order valence-electron chi connectivity index (χ1n) is 8.74. The molecule has 0 fully saturated rings. The Balaban J connectivity index is 1.49. The highest BCUT2D eigenvalue weighted by atomic mass is 16.5. The summed E-state index contributed by atoms with van der Waals surface area (Å²) in [5.41, 5.74) is 4.40. The number of aryl methyl sites for hydroxylation is 1. The van der Waals surface area contributed by atoms with E-state index in [1.54, 1.807) is 19.5 Å². The van der Waals surface area contributed by atoms with Gasteiger partial charge in [-0.2, -0.15) is 0 Å². The van der Waals surface area contributed by atoms with Gasteiger partial charge in [0.15, 0.2) is 0 Å². The van der Waals surface area contributed by atoms with E-state index in [1.807, 2.05) is 30.5 Å². The van der Waals surface area contributed by atoms with Crippen molar-refractivity contribution < 1.29 is 9.53 Å². The summed E-state index contributed by atoms with van der Waals surface area (Å²) in [6.07, 6.45) is 8.12. The van der Waals surface area contributed by atoms with Crippen molar-refractivity contribution in [1.29, 1.82) is 0 Å². The number of hydrogen-bond donors (Lipinski definition) is 0. The minimum atomic E-state index is 0.263. The molecule has 26 heavy (non-hydrogen) atoms. The number of rotatable bonds is 8. The van der Waals surface area contributed by atoms with Crippen LogP contribution in [0.15, 0.2) is 67.1 Å². The summed E-state index contributed by atoms with van der Waals surface area (Å²) in [5.74, 6) is 0.875. The Kier molecular flexibility index (Phi) is 6.09. The maximum absolute atomic E-state index is 12.0. The number of carbonyl (C=O) groups is 1. The highest BCUT2D eigenvalue weighted by Gasteiger charge is 2.05. The van der Waals surface area contributed by atoms with Crippen LogP contribution in [0.5, 0.6) is 5.88 Å². The average Bonchev–Trinajstić information content (AvgIpc) is 2.69. The average molecular weight is 346 g/mol. The summed E-state index contributed by atoms with van der Waals surface area (Å²) in [7, 11) is 1.61. The standard InChI is InChI=1S/C22H22N2O2/c1-26-22-12-11-20(16-24-22)19-9-7-17(8-10-19)4-2-6-21(25)14-18-5-3-13-23-15-18/h3,5,7-13,15-16H,2,4,6,14H2,1H3. The van der Waals surface area contributed by atoms with E-state index in [2.05, 4.69) is 34.2 Å². The van der Waals surface area contributed by atoms with Crippen molar-refractivity contribution in [2.45, 2.75) is 25.7 Å². The van der Waals surface area contributed by atoms with Gasteiger partial charge in [-0.05, 0) is 41.7 Å². The predicted octanol–water partition coefficient (Wildman–Crippen LogP) is 4.29. The van der Waals surface area contributed by atoms with E-state index in [-0.39, 0.29) is 5.78 Å². The van der Waals surface area contributed by atoms with Gasteiger partial charge in [-0.15, -0.1) is 0 Å². The summed E-state index contributed by atoms with van der Waals surface area (Å²) < 4.78 is 5.08. The molecule has 0 saturated carbocycles. The second-order valence-corrected chi connectivity index (χ2v) is 6.22. The van der Waals surface area contributed by atoms with Crippen molar-refractivity contribution in [1.82, 2.24) is 9.97 Å². The molecule has 1 aromatic carbocycles. The number of benzene rings is 1. The van der Waals surface area contributed by atoms with E-state index >= 15 is 0 Å². The largest absolute Gasteiger partial charge is 0.481 e. The Morgan fingerprint density at radius 1 is 0.962 bits per heavy atom. The minimum Gasteiger partial charge on any atom is -0.481 e. The molecule has 4 heteroatoms. The molecule has 0 atom stereocenters. The van der Waals surface area contributed by atoms with E-state index in [0.717, 1.165) is 29.5 Å². The molecule has 3 aromatic rings. The van der Waals surface area contributed by atoms with Crippen molar-refractivity contribution >= 4 is 5.78 Å². The van der Waals surface area contributed by atoms with Crippen LogP contribution < -0.4 is 4.74 Å². The van der Waals surface area contributed by atoms with Gasteiger partial charge in [-0.25, -0.2) is 4.98 Å². The molecule has 0 unspecified atom stereocenters. The first kappa shape index (κ1) is 17.8. The lowest BCUT2D eigenvalue weighted by Gasteiger charge is -2.06. The topological polar surface area (TPSA) is 52.1 Å². The van der Waals surface area contributed by atoms with Gasteiger partial charge in [0.05, 0.1) is 7.11 Å². The molecule has 0 amide bonds. The molecule has 3 rings (SSSR count). The van der Waals surface area contributed by atoms with Crippen LogP contribution in [-0.2, 0) is 17.6 Å². The first-order valence-corrected chi connectivity index (χ1v) is 8.74. The number of ketones is 1. The van der Waals surface area contributed by atoms with Crippen LogP contribution in [-0.4, -0.2) is 22.9 Å². The molecule has 0 saturated heterocycles. The third kappa shape index (κ3) is 4.99. The summed E-state index contributed by atoms with van der Waals surface area (Å²) in [6.45, 7) is 0. The summed E-state index contributed by atoms with van der Waals surface area (Å²) in [5, 5.41) is 0. The molecule has 0 aliphatic heterocycles. The van der Waals surface area contributed by atoms with Gasteiger partial charge in [-0.3, -0.25) is 9.78 Å². The number of nitrogens with zero attached hydrogens (tertiary/aromatic N) is 2. The fourth-order valence-corrected chi connectivity index (χ4v) is 2.84. The predicted molar refractivity (Wildman–Crippen MR) is 102 cm³/mol. The quantitative estimate of drug-likeness (QED) is 0.611. The van der Waals surface area contributed by atoms with Crippen LogP contribution in [0.2, 0.25) is 0 Å². The maximum Gasteiger partial charge on any atom is 0.212 e. The van der Waals surface area contributed by atoms with Crippen LogP contribution in [0.25, 0.3) is 11.1 Å². The van der Waals surface area contributed by atoms with Crippen molar-refractivity contribution in [2.24, 2.45) is 0 Å². The lowest BCUT2D eigenvalue weighted by molar-refractivity contribution is -0.118. The summed E-state index contributed by atoms with van der Waals surface area (Å²) >= 11 is 0. The Hall–Kier alpha value is -3.01. The molecule has 0 aliphatic rings. The van der Waals surface area contributed by atoms with E-state index < -0.39 is 0 Å². The zero-order chi connectivity index (χ0) is 18.2. The minimum absolute atomic E-state index is 0.263. The molecule has 2 heterocycles. The number of methoxy groups -OCH3 is 1. The van der Waals surface area contributed by atoms with Crippen molar-refractivity contribution in [3.63, 3.8) is 0 Å². The third-order valence-electron chi connectivity index (χ3n) is 4.28. The lowest BCUT2D eigenvalue weighted by Crippen LogP contribution is -2.03. The van der Waals surface area contributed by atoms with Crippen LogP contribution in [0, 0.1) is 0 Å². The monoisotopic (exact) mass is 346 g/mol. The number of pyridine rings is 2. The first-order chi connectivity index (χ1) is 12.7. The second kappa shape index (κ2) is 8.90. The van der Waals surface area contributed by atoms with Gasteiger partial charge >= 0.3 is 0 Å². The van der Waals surface area contributed by atoms with E-state index in [9.17, 15) is 4.79 Å². The fourth-order valence-electron chi connectivity index (χ4n) is 2.84. The Bertz CT molecular complexity index is 828. The normalized spacial score (nSPS) is 10.5. The van der Waals surface area contributed by atoms with Gasteiger partial charge < -0.3 is 4.74 Å². The maximum atomic E-state index is 12.0. The van der Waals surface area contributed by atoms with Crippen LogP contribution >= 0.6 is 0 Å². The fraction of sp³-hybridized carbons (Fsp3) is 0.227. The molecule has 132 valence electrons. The molecule has 0 N–H and O–H groups in total. The SMILES string of the molecule is COc1ccc(-c2ccc(CCCC(=O)Cc3cccnc3)cc2)cn1. The van der Waals surface area contributed by atoms with Crippen molar-refractivity contribution in [2.75, 3.05) is 7.11 Å². The number of ether oxygens (including phenoxy) is 1. The van der Waals surface area contributed by atoms with Gasteiger partial charge in [-0.1, -0.05) is 30.3 Å². The highest BCUT2D eigenvalue weighted by Crippen LogP contribution is 2.21. The smallest absolute Gasteiger partial charge is 0.212 e. The van der Waals surface area contributed by atoms with Gasteiger partial charge in [0.25, 0.3) is 0 Å². The van der Waals surface area contributed by atoms with E-state index in [4.69, 9.17) is 4.74 Å². The summed E-state index contributed by atoms with van der Waals surface area (Å²) in [6, 6.07) is 16.1. The highest BCUT2D eigenvalue weighted by molar-refractivity contribution is 5.80. The molecule has 0 radical (unpaired) electrons. The van der Waals surface area contributed by atoms with Crippen LogP contribution in [0.1, 0.15) is 24.0 Å². The lowest BCUT2D eigenvalue weighted by atomic mass is 10.0. The Morgan fingerprint density at radius 2 is 1.77 bits per heavy atom. The Labute approximate surface area is 153 Å². The van der Waals surface area contributed by atoms with Crippen LogP contribution in [0.4, 0.5) is 0 Å². The van der Waals surface area contributed by atoms with E-state index in [0.29, 0.717) is 18.7 Å². The number of aromatic nitrogens is 2. The van der Waals surface area contributed by atoms with Gasteiger partial charge in [0.2, 0.25) is 5.88 Å². The molecule has 0 spiro atoms. The number of Topliss-reactive ketones (excluding diaryl/α,β-unsaturated/α-hetero) is 1. The van der Waals surface area contributed by atoms with E-state index in [1.165, 1.54) is 5.56 Å². The van der Waals surface area contributed by atoms with Gasteiger partial charge in [0, 0.05) is 43.1 Å². The van der Waals surface area contributed by atoms with Crippen molar-refractivity contribution in [3.05, 3.63) is 78.2 Å². The number of carbonyl (C=O) groups excluding carboxylic acids is 1. The van der Waals surface area contributed by atoms with Crippen molar-refractivity contribution in [3.8, 4) is 17.0 Å². The number of hydrogen-bond acceptors (Lipinski definition) is 4. The molecule has 0 bridgehead atoms. The molecule has 0 aliphatic carbocycles. The molecular formula is C22H22N2O2.